The molecule has 8 heteroatoms. The molecule has 20 heavy (non-hydrogen) atoms. The van der Waals surface area contributed by atoms with E-state index >= 15 is 0 Å². The Labute approximate surface area is 114 Å². The number of benzene rings is 1. The SMILES string of the molecule is COc1ccc([N+](=O)[O-])cc1N(CCC(=O)O)C(C)=O. The first-order valence-electron chi connectivity index (χ1n) is 5.69. The van der Waals surface area contributed by atoms with Crippen molar-refractivity contribution >= 4 is 23.3 Å². The number of non-ortho nitro benzene ring substituents is 1. The number of carboxylic acids is 1. The highest BCUT2D eigenvalue weighted by Gasteiger charge is 2.20. The van der Waals surface area contributed by atoms with Gasteiger partial charge in [0, 0.05) is 25.6 Å². The van der Waals surface area contributed by atoms with Gasteiger partial charge in [0.05, 0.1) is 24.1 Å². The van der Waals surface area contributed by atoms with Gasteiger partial charge in [-0.2, -0.15) is 0 Å². The minimum absolute atomic E-state index is 0.0950. The molecule has 0 spiro atoms. The van der Waals surface area contributed by atoms with E-state index in [0.29, 0.717) is 0 Å². The smallest absolute Gasteiger partial charge is 0.305 e. The second kappa shape index (κ2) is 6.50. The van der Waals surface area contributed by atoms with Crippen LogP contribution in [0.5, 0.6) is 5.75 Å². The van der Waals surface area contributed by atoms with E-state index in [9.17, 15) is 19.7 Å². The summed E-state index contributed by atoms with van der Waals surface area (Å²) in [6.45, 7) is 1.16. The Balaban J connectivity index is 3.22. The van der Waals surface area contributed by atoms with E-state index in [2.05, 4.69) is 0 Å². The zero-order valence-corrected chi connectivity index (χ0v) is 11.0. The number of amides is 1. The van der Waals surface area contributed by atoms with E-state index in [4.69, 9.17) is 9.84 Å². The fourth-order valence-corrected chi connectivity index (χ4v) is 1.66. The summed E-state index contributed by atoms with van der Waals surface area (Å²) in [6.07, 6.45) is -0.272. The van der Waals surface area contributed by atoms with Crippen LogP contribution in [0.1, 0.15) is 13.3 Å². The summed E-state index contributed by atoms with van der Waals surface area (Å²) in [5.74, 6) is -1.23. The highest BCUT2D eigenvalue weighted by molar-refractivity contribution is 5.94. The molecule has 0 aromatic heterocycles. The Hall–Kier alpha value is -2.64. The highest BCUT2D eigenvalue weighted by Crippen LogP contribution is 2.32. The van der Waals surface area contributed by atoms with E-state index in [1.807, 2.05) is 0 Å². The molecule has 1 aromatic rings. The van der Waals surface area contributed by atoms with E-state index in [1.165, 1.54) is 32.2 Å². The molecular formula is C12H14N2O6. The third-order valence-electron chi connectivity index (χ3n) is 2.59. The predicted octanol–water partition coefficient (Wildman–Crippen LogP) is 1.43. The van der Waals surface area contributed by atoms with Crippen molar-refractivity contribution in [2.24, 2.45) is 0 Å². The van der Waals surface area contributed by atoms with Crippen molar-refractivity contribution in [3.8, 4) is 5.75 Å². The first-order chi connectivity index (χ1) is 9.36. The molecule has 0 saturated carbocycles. The van der Waals surface area contributed by atoms with E-state index in [0.717, 1.165) is 4.90 Å². The molecular weight excluding hydrogens is 268 g/mol. The average molecular weight is 282 g/mol. The molecule has 1 aromatic carbocycles. The molecule has 0 radical (unpaired) electrons. The second-order valence-corrected chi connectivity index (χ2v) is 3.93. The molecule has 8 nitrogen and oxygen atoms in total. The number of carbonyl (C=O) groups excluding carboxylic acids is 1. The van der Waals surface area contributed by atoms with Gasteiger partial charge in [-0.3, -0.25) is 19.7 Å². The van der Waals surface area contributed by atoms with Gasteiger partial charge in [-0.15, -0.1) is 0 Å². The van der Waals surface area contributed by atoms with Crippen molar-refractivity contribution in [2.45, 2.75) is 13.3 Å². The lowest BCUT2D eigenvalue weighted by Crippen LogP contribution is -2.31. The molecule has 1 rings (SSSR count). The molecule has 0 aliphatic carbocycles. The molecule has 0 unspecified atom stereocenters. The van der Waals surface area contributed by atoms with Gasteiger partial charge >= 0.3 is 5.97 Å². The van der Waals surface area contributed by atoms with Crippen molar-refractivity contribution in [1.82, 2.24) is 0 Å². The number of hydrogen-bond donors (Lipinski definition) is 1. The standard InChI is InChI=1S/C12H14N2O6/c1-8(15)13(6-5-12(16)17)10-7-9(14(18)19)3-4-11(10)20-2/h3-4,7H,5-6H2,1-2H3,(H,16,17). The Morgan fingerprint density at radius 2 is 2.10 bits per heavy atom. The number of nitrogens with zero attached hydrogens (tertiary/aromatic N) is 2. The van der Waals surface area contributed by atoms with Crippen molar-refractivity contribution in [3.05, 3.63) is 28.3 Å². The summed E-state index contributed by atoms with van der Waals surface area (Å²) in [5.41, 5.74) is -0.0298. The van der Waals surface area contributed by atoms with Crippen LogP contribution >= 0.6 is 0 Å². The molecule has 0 bridgehead atoms. The molecule has 108 valence electrons. The van der Waals surface area contributed by atoms with Crippen molar-refractivity contribution in [2.75, 3.05) is 18.6 Å². The topological polar surface area (TPSA) is 110 Å². The number of rotatable bonds is 6. The van der Waals surface area contributed by atoms with Crippen molar-refractivity contribution < 1.29 is 24.4 Å². The Kier molecular flexibility index (Phi) is 5.01. The fraction of sp³-hybridized carbons (Fsp3) is 0.333. The largest absolute Gasteiger partial charge is 0.495 e. The highest BCUT2D eigenvalue weighted by atomic mass is 16.6. The molecule has 0 fully saturated rings. The Morgan fingerprint density at radius 3 is 2.55 bits per heavy atom. The number of carbonyl (C=O) groups is 2. The maximum absolute atomic E-state index is 11.6. The monoisotopic (exact) mass is 282 g/mol. The lowest BCUT2D eigenvalue weighted by atomic mass is 10.2. The van der Waals surface area contributed by atoms with Crippen LogP contribution < -0.4 is 9.64 Å². The number of anilines is 1. The number of nitro groups is 1. The third kappa shape index (κ3) is 3.67. The first kappa shape index (κ1) is 15.4. The molecule has 1 amide bonds. The number of nitro benzene ring substituents is 1. The van der Waals surface area contributed by atoms with E-state index in [1.54, 1.807) is 0 Å². The van der Waals surface area contributed by atoms with Gasteiger partial charge in [0.15, 0.2) is 0 Å². The quantitative estimate of drug-likeness (QED) is 0.624. The van der Waals surface area contributed by atoms with Gasteiger partial charge in [0.2, 0.25) is 5.91 Å². The zero-order chi connectivity index (χ0) is 15.3. The van der Waals surface area contributed by atoms with E-state index < -0.39 is 16.8 Å². The van der Waals surface area contributed by atoms with Crippen LogP contribution in [0.4, 0.5) is 11.4 Å². The minimum atomic E-state index is -1.07. The van der Waals surface area contributed by atoms with Gasteiger partial charge in [-0.25, -0.2) is 0 Å². The van der Waals surface area contributed by atoms with Crippen LogP contribution in [0, 0.1) is 10.1 Å². The Morgan fingerprint density at radius 1 is 1.45 bits per heavy atom. The summed E-state index contributed by atoms with van der Waals surface area (Å²) in [6, 6.07) is 3.80. The maximum Gasteiger partial charge on any atom is 0.305 e. The summed E-state index contributed by atoms with van der Waals surface area (Å²) < 4.78 is 5.05. The summed E-state index contributed by atoms with van der Waals surface area (Å²) >= 11 is 0. The number of methoxy groups -OCH3 is 1. The molecule has 0 atom stereocenters. The number of aliphatic carboxylic acids is 1. The minimum Gasteiger partial charge on any atom is -0.495 e. The molecule has 0 saturated heterocycles. The molecule has 0 aliphatic heterocycles. The van der Waals surface area contributed by atoms with Crippen LogP contribution in [0.25, 0.3) is 0 Å². The zero-order valence-electron chi connectivity index (χ0n) is 11.0. The van der Waals surface area contributed by atoms with E-state index in [-0.39, 0.29) is 30.1 Å². The van der Waals surface area contributed by atoms with Gasteiger partial charge in [0.1, 0.15) is 5.75 Å². The summed E-state index contributed by atoms with van der Waals surface area (Å²) in [4.78, 5) is 33.5. The normalized spacial score (nSPS) is 9.90. The molecule has 1 N–H and O–H groups in total. The second-order valence-electron chi connectivity index (χ2n) is 3.93. The van der Waals surface area contributed by atoms with Gasteiger partial charge in [-0.1, -0.05) is 0 Å². The maximum atomic E-state index is 11.6. The van der Waals surface area contributed by atoms with Crippen LogP contribution in [-0.2, 0) is 9.59 Å². The van der Waals surface area contributed by atoms with Crippen LogP contribution in [0.15, 0.2) is 18.2 Å². The van der Waals surface area contributed by atoms with Crippen molar-refractivity contribution in [3.63, 3.8) is 0 Å². The van der Waals surface area contributed by atoms with Crippen LogP contribution in [0.3, 0.4) is 0 Å². The summed E-state index contributed by atoms with van der Waals surface area (Å²) in [7, 11) is 1.36. The molecule has 0 aliphatic rings. The predicted molar refractivity (Wildman–Crippen MR) is 69.9 cm³/mol. The molecule has 0 heterocycles. The third-order valence-corrected chi connectivity index (χ3v) is 2.59. The van der Waals surface area contributed by atoms with Gasteiger partial charge in [0.25, 0.3) is 5.69 Å². The lowest BCUT2D eigenvalue weighted by molar-refractivity contribution is -0.384. The number of ether oxygens (including phenoxy) is 1. The van der Waals surface area contributed by atoms with Gasteiger partial charge < -0.3 is 14.7 Å². The average Bonchev–Trinajstić information content (AvgIpc) is 2.37. The summed E-state index contributed by atoms with van der Waals surface area (Å²) in [5, 5.41) is 19.5. The lowest BCUT2D eigenvalue weighted by Gasteiger charge is -2.22. The van der Waals surface area contributed by atoms with Crippen molar-refractivity contribution in [1.29, 1.82) is 0 Å². The van der Waals surface area contributed by atoms with Crippen LogP contribution in [0.2, 0.25) is 0 Å². The number of carboxylic acid groups (broad SMARTS) is 1. The van der Waals surface area contributed by atoms with Crippen LogP contribution in [-0.4, -0.2) is 35.6 Å². The number of hydrogen-bond acceptors (Lipinski definition) is 5. The van der Waals surface area contributed by atoms with Gasteiger partial charge in [-0.05, 0) is 6.07 Å². The fourth-order valence-electron chi connectivity index (χ4n) is 1.66. The first-order valence-corrected chi connectivity index (χ1v) is 5.69. The Bertz CT molecular complexity index is 543.